The van der Waals surface area contributed by atoms with Crippen molar-refractivity contribution in [1.29, 1.82) is 0 Å². The van der Waals surface area contributed by atoms with E-state index in [9.17, 15) is 4.79 Å². The molecule has 1 fully saturated rings. The molecule has 1 aliphatic rings. The summed E-state index contributed by atoms with van der Waals surface area (Å²) in [6, 6.07) is 3.83. The zero-order chi connectivity index (χ0) is 15.4. The summed E-state index contributed by atoms with van der Waals surface area (Å²) in [6.07, 6.45) is 9.07. The Morgan fingerprint density at radius 3 is 2.74 bits per heavy atom. The zero-order valence-corrected chi connectivity index (χ0v) is 14.7. The number of aromatic nitrogens is 3. The van der Waals surface area contributed by atoms with Crippen LogP contribution in [0.1, 0.15) is 39.0 Å². The molecule has 0 aromatic carbocycles. The van der Waals surface area contributed by atoms with Crippen molar-refractivity contribution in [2.24, 2.45) is 5.92 Å². The van der Waals surface area contributed by atoms with Crippen LogP contribution in [0.25, 0.3) is 10.6 Å². The fourth-order valence-corrected chi connectivity index (χ4v) is 3.79. The lowest BCUT2D eigenvalue weighted by atomic mass is 9.88. The summed E-state index contributed by atoms with van der Waals surface area (Å²) in [5.74, 6) is 0.357. The standard InChI is InChI=1S/C16H20N4OS.ClH/c1-2-20(15(21)12-7-4-3-5-8-12)16-19-18-14(22-16)13-9-6-10-17-11-13;/h6,9-12H,2-5,7-8H2,1H3;1H/p-1. The minimum absolute atomic E-state index is 0. The van der Waals surface area contributed by atoms with Gasteiger partial charge in [0, 0.05) is 30.4 Å². The largest absolute Gasteiger partial charge is 1.00 e. The number of rotatable bonds is 4. The van der Waals surface area contributed by atoms with Crippen LogP contribution in [0.3, 0.4) is 0 Å². The molecule has 3 rings (SSSR count). The number of hydrogen-bond donors (Lipinski definition) is 0. The molecule has 2 aromatic rings. The molecule has 5 nitrogen and oxygen atoms in total. The molecule has 1 amide bonds. The smallest absolute Gasteiger partial charge is 0.231 e. The number of halogens is 1. The predicted molar refractivity (Wildman–Crippen MR) is 87.7 cm³/mol. The van der Waals surface area contributed by atoms with E-state index in [1.54, 1.807) is 17.3 Å². The molecule has 23 heavy (non-hydrogen) atoms. The lowest BCUT2D eigenvalue weighted by Crippen LogP contribution is -3.00. The molecule has 0 saturated heterocycles. The first-order valence-corrected chi connectivity index (χ1v) is 8.66. The summed E-state index contributed by atoms with van der Waals surface area (Å²) < 4.78 is 0. The summed E-state index contributed by atoms with van der Waals surface area (Å²) in [4.78, 5) is 18.6. The Labute approximate surface area is 146 Å². The highest BCUT2D eigenvalue weighted by molar-refractivity contribution is 7.18. The van der Waals surface area contributed by atoms with E-state index in [4.69, 9.17) is 0 Å². The van der Waals surface area contributed by atoms with Gasteiger partial charge in [0.25, 0.3) is 0 Å². The van der Waals surface area contributed by atoms with E-state index in [0.717, 1.165) is 36.3 Å². The molecular weight excluding hydrogens is 332 g/mol. The average Bonchev–Trinajstić information content (AvgIpc) is 3.07. The molecule has 0 bridgehead atoms. The topological polar surface area (TPSA) is 59.0 Å². The molecule has 0 N–H and O–H groups in total. The van der Waals surface area contributed by atoms with Crippen molar-refractivity contribution in [2.45, 2.75) is 39.0 Å². The molecule has 7 heteroatoms. The third-order valence-corrected chi connectivity index (χ3v) is 5.09. The lowest BCUT2D eigenvalue weighted by Gasteiger charge is -2.26. The van der Waals surface area contributed by atoms with Gasteiger partial charge in [0.1, 0.15) is 0 Å². The third kappa shape index (κ3) is 4.06. The van der Waals surface area contributed by atoms with E-state index < -0.39 is 0 Å². The van der Waals surface area contributed by atoms with E-state index in [-0.39, 0.29) is 24.2 Å². The maximum atomic E-state index is 12.7. The summed E-state index contributed by atoms with van der Waals surface area (Å²) in [5, 5.41) is 9.94. The Kier molecular flexibility index (Phi) is 6.47. The second kappa shape index (κ2) is 8.36. The average molecular weight is 352 g/mol. The minimum Gasteiger partial charge on any atom is -1.00 e. The third-order valence-electron chi connectivity index (χ3n) is 4.09. The van der Waals surface area contributed by atoms with Crippen molar-refractivity contribution in [3.05, 3.63) is 24.5 Å². The summed E-state index contributed by atoms with van der Waals surface area (Å²) in [5.41, 5.74) is 0.937. The minimum atomic E-state index is 0. The number of amides is 1. The van der Waals surface area contributed by atoms with Crippen LogP contribution in [0.4, 0.5) is 5.13 Å². The molecule has 1 saturated carbocycles. The first-order valence-electron chi connectivity index (χ1n) is 7.85. The normalized spacial score (nSPS) is 15.0. The van der Waals surface area contributed by atoms with Gasteiger partial charge in [0.05, 0.1) is 0 Å². The highest BCUT2D eigenvalue weighted by Crippen LogP contribution is 2.31. The van der Waals surface area contributed by atoms with Gasteiger partial charge in [-0.3, -0.25) is 14.7 Å². The van der Waals surface area contributed by atoms with Crippen LogP contribution in [-0.2, 0) is 4.79 Å². The Balaban J connectivity index is 0.00000192. The monoisotopic (exact) mass is 351 g/mol. The van der Waals surface area contributed by atoms with Gasteiger partial charge in [0.2, 0.25) is 11.0 Å². The molecule has 0 aliphatic heterocycles. The maximum Gasteiger partial charge on any atom is 0.231 e. The summed E-state index contributed by atoms with van der Waals surface area (Å²) in [7, 11) is 0. The van der Waals surface area contributed by atoms with Crippen LogP contribution in [0, 0.1) is 5.92 Å². The highest BCUT2D eigenvalue weighted by atomic mass is 35.5. The molecule has 0 unspecified atom stereocenters. The number of carbonyl (C=O) groups excluding carboxylic acids is 1. The fraction of sp³-hybridized carbons (Fsp3) is 0.500. The second-order valence-electron chi connectivity index (χ2n) is 5.55. The quantitative estimate of drug-likeness (QED) is 0.806. The van der Waals surface area contributed by atoms with Crippen LogP contribution >= 0.6 is 11.3 Å². The van der Waals surface area contributed by atoms with Crippen molar-refractivity contribution in [1.82, 2.24) is 15.2 Å². The predicted octanol–water partition coefficient (Wildman–Crippen LogP) is 0.537. The van der Waals surface area contributed by atoms with Crippen molar-refractivity contribution < 1.29 is 17.2 Å². The number of carbonyl (C=O) groups is 1. The van der Waals surface area contributed by atoms with E-state index in [1.165, 1.54) is 17.8 Å². The fourth-order valence-electron chi connectivity index (χ4n) is 2.89. The van der Waals surface area contributed by atoms with Crippen LogP contribution < -0.4 is 17.3 Å². The van der Waals surface area contributed by atoms with Gasteiger partial charge in [-0.15, -0.1) is 10.2 Å². The van der Waals surface area contributed by atoms with E-state index in [1.807, 2.05) is 19.1 Å². The number of pyridine rings is 1. The first-order chi connectivity index (χ1) is 10.8. The highest BCUT2D eigenvalue weighted by Gasteiger charge is 2.28. The van der Waals surface area contributed by atoms with Crippen LogP contribution in [0.2, 0.25) is 0 Å². The van der Waals surface area contributed by atoms with Crippen molar-refractivity contribution in [2.75, 3.05) is 11.4 Å². The molecule has 0 atom stereocenters. The van der Waals surface area contributed by atoms with Crippen molar-refractivity contribution >= 4 is 22.4 Å². The van der Waals surface area contributed by atoms with E-state index in [0.29, 0.717) is 11.7 Å². The van der Waals surface area contributed by atoms with Gasteiger partial charge in [-0.05, 0) is 31.9 Å². The van der Waals surface area contributed by atoms with Crippen LogP contribution in [0.5, 0.6) is 0 Å². The molecular formula is C16H20ClN4OS-. The molecule has 0 spiro atoms. The Bertz CT molecular complexity index is 628. The van der Waals surface area contributed by atoms with Gasteiger partial charge in [0.15, 0.2) is 5.01 Å². The maximum absolute atomic E-state index is 12.7. The van der Waals surface area contributed by atoms with Gasteiger partial charge < -0.3 is 12.4 Å². The Hall–Kier alpha value is -1.53. The number of hydrogen-bond acceptors (Lipinski definition) is 5. The van der Waals surface area contributed by atoms with Crippen molar-refractivity contribution in [3.8, 4) is 10.6 Å². The number of anilines is 1. The molecule has 2 aromatic heterocycles. The Morgan fingerprint density at radius 1 is 1.30 bits per heavy atom. The van der Waals surface area contributed by atoms with Crippen LogP contribution in [0.15, 0.2) is 24.5 Å². The Morgan fingerprint density at radius 2 is 2.09 bits per heavy atom. The van der Waals surface area contributed by atoms with Crippen LogP contribution in [-0.4, -0.2) is 27.6 Å². The molecule has 1 aliphatic carbocycles. The van der Waals surface area contributed by atoms with Gasteiger partial charge >= 0.3 is 0 Å². The summed E-state index contributed by atoms with van der Waals surface area (Å²) >= 11 is 1.45. The number of nitrogens with zero attached hydrogens (tertiary/aromatic N) is 4. The van der Waals surface area contributed by atoms with Gasteiger partial charge in [-0.25, -0.2) is 0 Å². The van der Waals surface area contributed by atoms with Gasteiger partial charge in [-0.1, -0.05) is 30.6 Å². The van der Waals surface area contributed by atoms with Crippen molar-refractivity contribution in [3.63, 3.8) is 0 Å². The van der Waals surface area contributed by atoms with Gasteiger partial charge in [-0.2, -0.15) is 0 Å². The van der Waals surface area contributed by atoms with E-state index >= 15 is 0 Å². The first kappa shape index (κ1) is 17.8. The second-order valence-corrected chi connectivity index (χ2v) is 6.50. The molecule has 0 radical (unpaired) electrons. The zero-order valence-electron chi connectivity index (χ0n) is 13.1. The molecule has 124 valence electrons. The van der Waals surface area contributed by atoms with E-state index in [2.05, 4.69) is 15.2 Å². The summed E-state index contributed by atoms with van der Waals surface area (Å²) in [6.45, 7) is 2.63. The SMILES string of the molecule is CCN(C(=O)C1CCCCC1)c1nnc(-c2cccnc2)s1.[Cl-]. The molecule has 2 heterocycles. The lowest BCUT2D eigenvalue weighted by molar-refractivity contribution is -0.123.